The number of hydrogen-bond acceptors (Lipinski definition) is 4. The number of nitro groups is 1. The molecule has 0 fully saturated rings. The molecule has 0 radical (unpaired) electrons. The maximum Gasteiger partial charge on any atom is 0.291 e. The first-order chi connectivity index (χ1) is 10.1. The van der Waals surface area contributed by atoms with E-state index in [-0.39, 0.29) is 16.7 Å². The Kier molecular flexibility index (Phi) is 5.25. The minimum atomic E-state index is -0.346. The molecule has 0 saturated carbocycles. The van der Waals surface area contributed by atoms with E-state index < -0.39 is 0 Å². The van der Waals surface area contributed by atoms with Gasteiger partial charge < -0.3 is 5.32 Å². The van der Waals surface area contributed by atoms with Crippen LogP contribution in [0.25, 0.3) is 10.9 Å². The van der Waals surface area contributed by atoms with Gasteiger partial charge in [0.05, 0.1) is 10.4 Å². The Bertz CT molecular complexity index is 661. The van der Waals surface area contributed by atoms with Crippen molar-refractivity contribution in [2.75, 3.05) is 7.05 Å². The highest BCUT2D eigenvalue weighted by Crippen LogP contribution is 2.29. The number of fused-ring (bicyclic) bond motifs is 1. The van der Waals surface area contributed by atoms with Crippen LogP contribution < -0.4 is 5.32 Å². The first kappa shape index (κ1) is 15.9. The van der Waals surface area contributed by atoms with Crippen LogP contribution in [0.1, 0.15) is 25.3 Å². The van der Waals surface area contributed by atoms with E-state index >= 15 is 0 Å². The molecule has 112 valence electrons. The molecular formula is C15H18BrN3O2. The first-order valence-electron chi connectivity index (χ1n) is 6.95. The fraction of sp³-hybridized carbons (Fsp3) is 0.400. The van der Waals surface area contributed by atoms with Crippen LogP contribution in [0, 0.1) is 10.1 Å². The van der Waals surface area contributed by atoms with Gasteiger partial charge in [-0.3, -0.25) is 10.1 Å². The SMILES string of the molecule is CCCC(Cc1c([N+](=O)[O-])cnc2ccc(Br)cc12)NC. The van der Waals surface area contributed by atoms with E-state index in [0.29, 0.717) is 6.42 Å². The summed E-state index contributed by atoms with van der Waals surface area (Å²) in [5.41, 5.74) is 1.63. The standard InChI is InChI=1S/C15H18BrN3O2/c1-3-4-11(17-2)8-13-12-7-10(16)5-6-14(12)18-9-15(13)19(20)21/h5-7,9,11,17H,3-4,8H2,1-2H3. The molecule has 0 amide bonds. The molecule has 2 aromatic rings. The number of aromatic nitrogens is 1. The molecule has 1 atom stereocenters. The molecule has 0 aliphatic heterocycles. The summed E-state index contributed by atoms with van der Waals surface area (Å²) in [5, 5.41) is 15.4. The molecule has 2 rings (SSSR count). The second kappa shape index (κ2) is 6.95. The van der Waals surface area contributed by atoms with Gasteiger partial charge in [0.15, 0.2) is 0 Å². The zero-order valence-corrected chi connectivity index (χ0v) is 13.7. The first-order valence-corrected chi connectivity index (χ1v) is 7.75. The Labute approximate surface area is 132 Å². The average Bonchev–Trinajstić information content (AvgIpc) is 2.46. The van der Waals surface area contributed by atoms with Crippen LogP contribution in [0.2, 0.25) is 0 Å². The Hall–Kier alpha value is -1.53. The summed E-state index contributed by atoms with van der Waals surface area (Å²) >= 11 is 3.43. The van der Waals surface area contributed by atoms with Gasteiger partial charge >= 0.3 is 0 Å². The van der Waals surface area contributed by atoms with Crippen LogP contribution in [0.15, 0.2) is 28.9 Å². The van der Waals surface area contributed by atoms with E-state index in [4.69, 9.17) is 0 Å². The molecule has 6 heteroatoms. The summed E-state index contributed by atoms with van der Waals surface area (Å²) in [6, 6.07) is 5.90. The van der Waals surface area contributed by atoms with Crippen LogP contribution in [0.5, 0.6) is 0 Å². The number of nitrogens with zero attached hydrogens (tertiary/aromatic N) is 2. The number of nitrogens with one attached hydrogen (secondary N) is 1. The molecule has 1 unspecified atom stereocenters. The van der Waals surface area contributed by atoms with Crippen molar-refractivity contribution in [3.63, 3.8) is 0 Å². The van der Waals surface area contributed by atoms with E-state index in [1.54, 1.807) is 0 Å². The maximum absolute atomic E-state index is 11.3. The summed E-state index contributed by atoms with van der Waals surface area (Å²) in [4.78, 5) is 15.2. The number of rotatable bonds is 6. The summed E-state index contributed by atoms with van der Waals surface area (Å²) < 4.78 is 0.898. The van der Waals surface area contributed by atoms with Crippen molar-refractivity contribution in [1.82, 2.24) is 10.3 Å². The number of halogens is 1. The van der Waals surface area contributed by atoms with E-state index in [1.807, 2.05) is 25.2 Å². The quantitative estimate of drug-likeness (QED) is 0.634. The molecule has 5 nitrogen and oxygen atoms in total. The van der Waals surface area contributed by atoms with Gasteiger partial charge in [-0.2, -0.15) is 0 Å². The Morgan fingerprint density at radius 3 is 2.86 bits per heavy atom. The number of benzene rings is 1. The van der Waals surface area contributed by atoms with Gasteiger partial charge in [0.25, 0.3) is 5.69 Å². The molecule has 1 aromatic heterocycles. The molecule has 1 N–H and O–H groups in total. The molecule has 0 saturated heterocycles. The van der Waals surface area contributed by atoms with Crippen molar-refractivity contribution in [1.29, 1.82) is 0 Å². The van der Waals surface area contributed by atoms with Crippen molar-refractivity contribution < 1.29 is 4.92 Å². The van der Waals surface area contributed by atoms with Gasteiger partial charge in [0.2, 0.25) is 0 Å². The normalized spacial score (nSPS) is 12.5. The lowest BCUT2D eigenvalue weighted by molar-refractivity contribution is -0.385. The highest BCUT2D eigenvalue weighted by molar-refractivity contribution is 9.10. The van der Waals surface area contributed by atoms with Gasteiger partial charge in [0.1, 0.15) is 6.20 Å². The van der Waals surface area contributed by atoms with Crippen LogP contribution in [-0.2, 0) is 6.42 Å². The monoisotopic (exact) mass is 351 g/mol. The van der Waals surface area contributed by atoms with Crippen LogP contribution in [0.3, 0.4) is 0 Å². The molecule has 21 heavy (non-hydrogen) atoms. The van der Waals surface area contributed by atoms with E-state index in [0.717, 1.165) is 33.8 Å². The number of pyridine rings is 1. The molecule has 0 spiro atoms. The average molecular weight is 352 g/mol. The fourth-order valence-corrected chi connectivity index (χ4v) is 2.89. The topological polar surface area (TPSA) is 68.1 Å². The summed E-state index contributed by atoms with van der Waals surface area (Å²) in [6.45, 7) is 2.11. The molecule has 1 heterocycles. The minimum absolute atomic E-state index is 0.0944. The van der Waals surface area contributed by atoms with Crippen LogP contribution in [0.4, 0.5) is 5.69 Å². The lowest BCUT2D eigenvalue weighted by Gasteiger charge is -2.16. The van der Waals surface area contributed by atoms with Gasteiger partial charge in [-0.1, -0.05) is 29.3 Å². The van der Waals surface area contributed by atoms with Crippen molar-refractivity contribution >= 4 is 32.5 Å². The van der Waals surface area contributed by atoms with Crippen molar-refractivity contribution in [3.05, 3.63) is 44.5 Å². The second-order valence-electron chi connectivity index (χ2n) is 5.02. The van der Waals surface area contributed by atoms with Gasteiger partial charge in [-0.15, -0.1) is 0 Å². The van der Waals surface area contributed by atoms with Crippen LogP contribution in [-0.4, -0.2) is 23.0 Å². The smallest absolute Gasteiger partial charge is 0.291 e. The van der Waals surface area contributed by atoms with Crippen molar-refractivity contribution in [2.24, 2.45) is 0 Å². The summed E-state index contributed by atoms with van der Waals surface area (Å²) in [7, 11) is 1.89. The maximum atomic E-state index is 11.3. The van der Waals surface area contributed by atoms with Crippen LogP contribution >= 0.6 is 15.9 Å². The predicted octanol–water partition coefficient (Wildman–Crippen LogP) is 3.84. The lowest BCUT2D eigenvalue weighted by Crippen LogP contribution is -2.27. The number of hydrogen-bond donors (Lipinski definition) is 1. The van der Waals surface area contributed by atoms with Gasteiger partial charge in [0, 0.05) is 21.5 Å². The Morgan fingerprint density at radius 1 is 1.48 bits per heavy atom. The summed E-state index contributed by atoms with van der Waals surface area (Å²) in [6.07, 6.45) is 4.00. The van der Waals surface area contributed by atoms with E-state index in [9.17, 15) is 10.1 Å². The highest BCUT2D eigenvalue weighted by atomic mass is 79.9. The number of likely N-dealkylation sites (N-methyl/N-ethyl adjacent to an activating group) is 1. The Morgan fingerprint density at radius 2 is 2.24 bits per heavy atom. The largest absolute Gasteiger partial charge is 0.317 e. The minimum Gasteiger partial charge on any atom is -0.317 e. The van der Waals surface area contributed by atoms with Crippen molar-refractivity contribution in [3.8, 4) is 0 Å². The third-order valence-corrected chi connectivity index (χ3v) is 4.10. The second-order valence-corrected chi connectivity index (χ2v) is 5.93. The zero-order chi connectivity index (χ0) is 15.4. The third-order valence-electron chi connectivity index (χ3n) is 3.61. The van der Waals surface area contributed by atoms with Gasteiger partial charge in [-0.25, -0.2) is 4.98 Å². The Balaban J connectivity index is 2.57. The van der Waals surface area contributed by atoms with Crippen molar-refractivity contribution in [2.45, 2.75) is 32.2 Å². The zero-order valence-electron chi connectivity index (χ0n) is 12.1. The third kappa shape index (κ3) is 3.57. The summed E-state index contributed by atoms with van der Waals surface area (Å²) in [5.74, 6) is 0. The molecule has 1 aromatic carbocycles. The molecule has 0 aliphatic carbocycles. The predicted molar refractivity (Wildman–Crippen MR) is 87.6 cm³/mol. The molecule has 0 bridgehead atoms. The fourth-order valence-electron chi connectivity index (χ4n) is 2.52. The van der Waals surface area contributed by atoms with Gasteiger partial charge in [-0.05, 0) is 38.1 Å². The highest BCUT2D eigenvalue weighted by Gasteiger charge is 2.20. The molecular weight excluding hydrogens is 334 g/mol. The van der Waals surface area contributed by atoms with E-state index in [1.165, 1.54) is 6.20 Å². The van der Waals surface area contributed by atoms with E-state index in [2.05, 4.69) is 33.2 Å². The molecule has 0 aliphatic rings. The lowest BCUT2D eigenvalue weighted by atomic mass is 9.98.